The average Bonchev–Trinajstić information content (AvgIpc) is 2.99. The maximum Gasteiger partial charge on any atom is 0.118 e. The summed E-state index contributed by atoms with van der Waals surface area (Å²) in [6.45, 7) is 0.966. The van der Waals surface area contributed by atoms with Gasteiger partial charge >= 0.3 is 0 Å². The number of benzene rings is 2. The first-order chi connectivity index (χ1) is 10.8. The molecule has 0 radical (unpaired) electrons. The Morgan fingerprint density at radius 3 is 2.64 bits per heavy atom. The molecule has 1 aromatic heterocycles. The van der Waals surface area contributed by atoms with Crippen molar-refractivity contribution in [3.05, 3.63) is 71.4 Å². The molecule has 3 nitrogen and oxygen atoms in total. The second kappa shape index (κ2) is 6.46. The van der Waals surface area contributed by atoms with Crippen LogP contribution in [0.15, 0.2) is 54.6 Å². The molecule has 110 valence electrons. The van der Waals surface area contributed by atoms with Gasteiger partial charge in [-0.25, -0.2) is 0 Å². The average molecular weight is 289 g/mol. The zero-order valence-corrected chi connectivity index (χ0v) is 12.6. The lowest BCUT2D eigenvalue weighted by Gasteiger charge is -2.18. The van der Waals surface area contributed by atoms with E-state index in [0.29, 0.717) is 11.6 Å². The minimum absolute atomic E-state index is 0.360. The monoisotopic (exact) mass is 289 g/mol. The summed E-state index contributed by atoms with van der Waals surface area (Å²) in [6.07, 6.45) is 1.04. The first kappa shape index (κ1) is 14.4. The van der Waals surface area contributed by atoms with Gasteiger partial charge in [-0.05, 0) is 49.3 Å². The fourth-order valence-corrected chi connectivity index (χ4v) is 2.93. The Morgan fingerprint density at radius 2 is 1.91 bits per heavy atom. The van der Waals surface area contributed by atoms with Crippen molar-refractivity contribution in [1.82, 2.24) is 10.3 Å². The molecule has 0 fully saturated rings. The van der Waals surface area contributed by atoms with E-state index in [1.165, 1.54) is 11.1 Å². The lowest BCUT2D eigenvalue weighted by molar-refractivity contribution is 0.662. The van der Waals surface area contributed by atoms with Crippen molar-refractivity contribution in [3.63, 3.8) is 0 Å². The predicted octanol–water partition coefficient (Wildman–Crippen LogP) is 3.78. The largest absolute Gasteiger partial charge is 0.346 e. The van der Waals surface area contributed by atoms with Crippen molar-refractivity contribution in [2.24, 2.45) is 0 Å². The van der Waals surface area contributed by atoms with Gasteiger partial charge in [0.2, 0.25) is 0 Å². The van der Waals surface area contributed by atoms with Gasteiger partial charge in [0.1, 0.15) is 11.8 Å². The van der Waals surface area contributed by atoms with Crippen molar-refractivity contribution in [2.75, 3.05) is 13.6 Å². The Kier molecular flexibility index (Phi) is 4.22. The zero-order valence-electron chi connectivity index (χ0n) is 12.6. The normalized spacial score (nSPS) is 12.2. The Balaban J connectivity index is 2.01. The second-order valence-electron chi connectivity index (χ2n) is 5.50. The fourth-order valence-electron chi connectivity index (χ4n) is 2.93. The molecule has 0 saturated carbocycles. The summed E-state index contributed by atoms with van der Waals surface area (Å²) in [6, 6.07) is 21.1. The third-order valence-electron chi connectivity index (χ3n) is 4.05. The number of nitriles is 1. The van der Waals surface area contributed by atoms with Crippen LogP contribution in [0, 0.1) is 11.3 Å². The first-order valence-electron chi connectivity index (χ1n) is 7.54. The maximum absolute atomic E-state index is 9.02. The number of H-pyrrole nitrogens is 1. The van der Waals surface area contributed by atoms with E-state index in [4.69, 9.17) is 5.26 Å². The smallest absolute Gasteiger partial charge is 0.118 e. The Bertz CT molecular complexity index is 796. The number of hydrogen-bond donors (Lipinski definition) is 2. The third-order valence-corrected chi connectivity index (χ3v) is 4.05. The molecule has 1 atom stereocenters. The molecule has 1 unspecified atom stereocenters. The van der Waals surface area contributed by atoms with Gasteiger partial charge in [0.05, 0.1) is 0 Å². The van der Waals surface area contributed by atoms with Crippen molar-refractivity contribution in [1.29, 1.82) is 5.26 Å². The van der Waals surface area contributed by atoms with Gasteiger partial charge in [-0.3, -0.25) is 0 Å². The van der Waals surface area contributed by atoms with Crippen LogP contribution in [0.5, 0.6) is 0 Å². The predicted molar refractivity (Wildman–Crippen MR) is 89.8 cm³/mol. The van der Waals surface area contributed by atoms with Gasteiger partial charge in [-0.2, -0.15) is 5.26 Å². The van der Waals surface area contributed by atoms with Crippen molar-refractivity contribution in [2.45, 2.75) is 12.3 Å². The number of hydrogen-bond acceptors (Lipinski definition) is 2. The van der Waals surface area contributed by atoms with Crippen LogP contribution < -0.4 is 5.32 Å². The Morgan fingerprint density at radius 1 is 1.09 bits per heavy atom. The highest BCUT2D eigenvalue weighted by Crippen LogP contribution is 2.30. The topological polar surface area (TPSA) is 51.6 Å². The van der Waals surface area contributed by atoms with E-state index in [1.54, 1.807) is 0 Å². The molecule has 3 rings (SSSR count). The van der Waals surface area contributed by atoms with Crippen LogP contribution in [0.2, 0.25) is 0 Å². The molecule has 1 heterocycles. The molecule has 2 N–H and O–H groups in total. The van der Waals surface area contributed by atoms with E-state index in [-0.39, 0.29) is 0 Å². The number of aromatic nitrogens is 1. The second-order valence-corrected chi connectivity index (χ2v) is 5.50. The molecule has 0 saturated heterocycles. The molecule has 22 heavy (non-hydrogen) atoms. The highest BCUT2D eigenvalue weighted by atomic mass is 14.8. The quantitative estimate of drug-likeness (QED) is 0.751. The highest BCUT2D eigenvalue weighted by molar-refractivity contribution is 5.82. The van der Waals surface area contributed by atoms with E-state index >= 15 is 0 Å². The van der Waals surface area contributed by atoms with Gasteiger partial charge in [0.25, 0.3) is 0 Å². The van der Waals surface area contributed by atoms with Crippen molar-refractivity contribution >= 4 is 10.9 Å². The Hall–Kier alpha value is -2.57. The van der Waals surface area contributed by atoms with E-state index in [0.717, 1.165) is 23.9 Å². The van der Waals surface area contributed by atoms with Crippen LogP contribution in [-0.2, 0) is 0 Å². The molecule has 0 aliphatic heterocycles. The zero-order chi connectivity index (χ0) is 15.4. The van der Waals surface area contributed by atoms with Crippen LogP contribution in [0.1, 0.15) is 29.2 Å². The summed E-state index contributed by atoms with van der Waals surface area (Å²) in [5.41, 5.74) is 4.24. The minimum atomic E-state index is 0.360. The van der Waals surface area contributed by atoms with Crippen LogP contribution in [-0.4, -0.2) is 18.6 Å². The van der Waals surface area contributed by atoms with Gasteiger partial charge in [0, 0.05) is 16.8 Å². The third kappa shape index (κ3) is 2.88. The summed E-state index contributed by atoms with van der Waals surface area (Å²) in [5, 5.41) is 13.4. The number of rotatable bonds is 5. The molecule has 2 aromatic carbocycles. The van der Waals surface area contributed by atoms with E-state index < -0.39 is 0 Å². The number of aromatic amines is 1. The van der Waals surface area contributed by atoms with E-state index in [2.05, 4.69) is 58.8 Å². The highest BCUT2D eigenvalue weighted by Gasteiger charge is 2.14. The van der Waals surface area contributed by atoms with Crippen LogP contribution in [0.25, 0.3) is 10.9 Å². The standard InChI is InChI=1S/C19H19N3/c1-21-10-9-18(14-5-3-2-4-6-14)15-7-8-19-16(11-15)12-17(13-20)22-19/h2-8,11-12,18,21-22H,9-10H2,1H3. The number of nitrogens with zero attached hydrogens (tertiary/aromatic N) is 1. The van der Waals surface area contributed by atoms with Gasteiger partial charge in [0.15, 0.2) is 0 Å². The van der Waals surface area contributed by atoms with Crippen LogP contribution in [0.4, 0.5) is 0 Å². The summed E-state index contributed by atoms with van der Waals surface area (Å²) in [5.74, 6) is 0.360. The molecule has 0 bridgehead atoms. The molecular weight excluding hydrogens is 270 g/mol. The lowest BCUT2D eigenvalue weighted by atomic mass is 9.88. The van der Waals surface area contributed by atoms with E-state index in [9.17, 15) is 0 Å². The van der Waals surface area contributed by atoms with Crippen molar-refractivity contribution < 1.29 is 0 Å². The first-order valence-corrected chi connectivity index (χ1v) is 7.54. The molecule has 0 spiro atoms. The molecular formula is C19H19N3. The molecule has 0 amide bonds. The van der Waals surface area contributed by atoms with Crippen LogP contribution >= 0.6 is 0 Å². The molecule has 3 heteroatoms. The minimum Gasteiger partial charge on any atom is -0.346 e. The molecule has 0 aliphatic carbocycles. The van der Waals surface area contributed by atoms with E-state index in [1.807, 2.05) is 19.2 Å². The fraction of sp³-hybridized carbons (Fsp3) is 0.211. The van der Waals surface area contributed by atoms with Gasteiger partial charge < -0.3 is 10.3 Å². The lowest BCUT2D eigenvalue weighted by Crippen LogP contribution is -2.13. The summed E-state index contributed by atoms with van der Waals surface area (Å²) in [4.78, 5) is 3.12. The van der Waals surface area contributed by atoms with Gasteiger partial charge in [-0.1, -0.05) is 36.4 Å². The molecule has 3 aromatic rings. The molecule has 0 aliphatic rings. The number of fused-ring (bicyclic) bond motifs is 1. The SMILES string of the molecule is CNCCC(c1ccccc1)c1ccc2[nH]c(C#N)cc2c1. The van der Waals surface area contributed by atoms with Crippen molar-refractivity contribution in [3.8, 4) is 6.07 Å². The summed E-state index contributed by atoms with van der Waals surface area (Å²) < 4.78 is 0. The summed E-state index contributed by atoms with van der Waals surface area (Å²) in [7, 11) is 1.98. The summed E-state index contributed by atoms with van der Waals surface area (Å²) >= 11 is 0. The van der Waals surface area contributed by atoms with Gasteiger partial charge in [-0.15, -0.1) is 0 Å². The number of nitrogens with one attached hydrogen (secondary N) is 2. The Labute approximate surface area is 130 Å². The maximum atomic E-state index is 9.02. The van der Waals surface area contributed by atoms with Crippen LogP contribution in [0.3, 0.4) is 0 Å².